The SMILES string of the molecule is NC(=O)CCCCNC(=O)c1cnccc1N. The van der Waals surface area contributed by atoms with Crippen molar-refractivity contribution in [1.29, 1.82) is 0 Å². The molecule has 0 aromatic carbocycles. The number of hydrogen-bond acceptors (Lipinski definition) is 4. The Kier molecular flexibility index (Phi) is 4.93. The highest BCUT2D eigenvalue weighted by Crippen LogP contribution is 2.07. The highest BCUT2D eigenvalue weighted by molar-refractivity contribution is 5.98. The van der Waals surface area contributed by atoms with Crippen LogP contribution in [0.3, 0.4) is 0 Å². The van der Waals surface area contributed by atoms with Crippen molar-refractivity contribution in [1.82, 2.24) is 10.3 Å². The van der Waals surface area contributed by atoms with Crippen molar-refractivity contribution < 1.29 is 9.59 Å². The topological polar surface area (TPSA) is 111 Å². The monoisotopic (exact) mass is 236 g/mol. The summed E-state index contributed by atoms with van der Waals surface area (Å²) >= 11 is 0. The van der Waals surface area contributed by atoms with E-state index in [1.54, 1.807) is 6.07 Å². The molecule has 0 radical (unpaired) electrons. The summed E-state index contributed by atoms with van der Waals surface area (Å²) in [6.07, 6.45) is 4.66. The van der Waals surface area contributed by atoms with E-state index in [1.807, 2.05) is 0 Å². The standard InChI is InChI=1S/C11H16N4O2/c12-9-4-6-14-7-8(9)11(17)15-5-2-1-3-10(13)16/h4,6-7H,1-3,5H2,(H2,12,14)(H2,13,16)(H,15,17). The van der Waals surface area contributed by atoms with E-state index in [0.29, 0.717) is 37.1 Å². The van der Waals surface area contributed by atoms with Gasteiger partial charge in [-0.1, -0.05) is 0 Å². The summed E-state index contributed by atoms with van der Waals surface area (Å²) in [7, 11) is 0. The van der Waals surface area contributed by atoms with E-state index in [-0.39, 0.29) is 11.8 Å². The lowest BCUT2D eigenvalue weighted by Gasteiger charge is -2.06. The lowest BCUT2D eigenvalue weighted by atomic mass is 10.2. The Morgan fingerprint density at radius 3 is 2.76 bits per heavy atom. The summed E-state index contributed by atoms with van der Waals surface area (Å²) in [5.74, 6) is -0.581. The van der Waals surface area contributed by atoms with Gasteiger partial charge in [0.25, 0.3) is 5.91 Å². The van der Waals surface area contributed by atoms with Crippen molar-refractivity contribution in [2.24, 2.45) is 5.73 Å². The number of nitrogens with zero attached hydrogens (tertiary/aromatic N) is 1. The fraction of sp³-hybridized carbons (Fsp3) is 0.364. The molecule has 1 rings (SSSR count). The summed E-state index contributed by atoms with van der Waals surface area (Å²) < 4.78 is 0. The molecule has 0 spiro atoms. The van der Waals surface area contributed by atoms with Gasteiger partial charge in [-0.25, -0.2) is 0 Å². The summed E-state index contributed by atoms with van der Waals surface area (Å²) in [5, 5.41) is 2.70. The first kappa shape index (κ1) is 13.0. The van der Waals surface area contributed by atoms with Crippen LogP contribution in [0.4, 0.5) is 5.69 Å². The molecule has 0 saturated carbocycles. The first-order valence-electron chi connectivity index (χ1n) is 5.37. The Morgan fingerprint density at radius 2 is 2.12 bits per heavy atom. The Balaban J connectivity index is 2.31. The van der Waals surface area contributed by atoms with Crippen molar-refractivity contribution in [3.05, 3.63) is 24.0 Å². The van der Waals surface area contributed by atoms with Crippen molar-refractivity contribution >= 4 is 17.5 Å². The number of nitrogens with two attached hydrogens (primary N) is 2. The van der Waals surface area contributed by atoms with Gasteiger partial charge in [0.2, 0.25) is 5.91 Å². The summed E-state index contributed by atoms with van der Waals surface area (Å²) in [6, 6.07) is 1.57. The highest BCUT2D eigenvalue weighted by atomic mass is 16.2. The van der Waals surface area contributed by atoms with E-state index in [9.17, 15) is 9.59 Å². The maximum absolute atomic E-state index is 11.6. The molecule has 1 aromatic heterocycles. The number of unbranched alkanes of at least 4 members (excludes halogenated alkanes) is 1. The van der Waals surface area contributed by atoms with Gasteiger partial charge < -0.3 is 16.8 Å². The van der Waals surface area contributed by atoms with Crippen LogP contribution >= 0.6 is 0 Å². The van der Waals surface area contributed by atoms with Crippen molar-refractivity contribution in [3.63, 3.8) is 0 Å². The number of nitrogens with one attached hydrogen (secondary N) is 1. The predicted molar refractivity (Wildman–Crippen MR) is 64.0 cm³/mol. The summed E-state index contributed by atoms with van der Waals surface area (Å²) in [6.45, 7) is 0.487. The second-order valence-electron chi connectivity index (χ2n) is 3.64. The minimum Gasteiger partial charge on any atom is -0.398 e. The second-order valence-corrected chi connectivity index (χ2v) is 3.64. The molecule has 17 heavy (non-hydrogen) atoms. The van der Waals surface area contributed by atoms with Crippen LogP contribution in [0.25, 0.3) is 0 Å². The molecule has 0 aliphatic rings. The van der Waals surface area contributed by atoms with Crippen molar-refractivity contribution in [2.45, 2.75) is 19.3 Å². The van der Waals surface area contributed by atoms with Crippen LogP contribution in [0.15, 0.2) is 18.5 Å². The Bertz CT molecular complexity index is 406. The molecular formula is C11H16N4O2. The molecule has 0 bridgehead atoms. The zero-order valence-corrected chi connectivity index (χ0v) is 9.48. The van der Waals surface area contributed by atoms with E-state index < -0.39 is 0 Å². The quantitative estimate of drug-likeness (QED) is 0.606. The molecule has 0 unspecified atom stereocenters. The van der Waals surface area contributed by atoms with Gasteiger partial charge in [0, 0.05) is 31.0 Å². The molecule has 0 aliphatic carbocycles. The Morgan fingerprint density at radius 1 is 1.35 bits per heavy atom. The smallest absolute Gasteiger partial charge is 0.254 e. The lowest BCUT2D eigenvalue weighted by Crippen LogP contribution is -2.25. The second kappa shape index (κ2) is 6.47. The third-order valence-corrected chi connectivity index (χ3v) is 2.23. The summed E-state index contributed by atoms with van der Waals surface area (Å²) in [5.41, 5.74) is 11.4. The molecule has 0 saturated heterocycles. The zero-order chi connectivity index (χ0) is 12.7. The molecule has 6 heteroatoms. The predicted octanol–water partition coefficient (Wildman–Crippen LogP) is 0.0492. The van der Waals surface area contributed by atoms with Gasteiger partial charge in [0.1, 0.15) is 0 Å². The van der Waals surface area contributed by atoms with Crippen LogP contribution in [0, 0.1) is 0 Å². The molecule has 0 aliphatic heterocycles. The van der Waals surface area contributed by atoms with Gasteiger partial charge in [0.05, 0.1) is 5.56 Å². The van der Waals surface area contributed by atoms with Gasteiger partial charge in [-0.2, -0.15) is 0 Å². The van der Waals surface area contributed by atoms with Gasteiger partial charge in [-0.15, -0.1) is 0 Å². The fourth-order valence-electron chi connectivity index (χ4n) is 1.32. The Hall–Kier alpha value is -2.11. The van der Waals surface area contributed by atoms with Crippen molar-refractivity contribution in [3.8, 4) is 0 Å². The average Bonchev–Trinajstić information content (AvgIpc) is 2.28. The molecule has 2 amide bonds. The molecule has 0 fully saturated rings. The Labute approximate surface area is 99.4 Å². The third kappa shape index (κ3) is 4.50. The number of rotatable bonds is 6. The van der Waals surface area contributed by atoms with Crippen LogP contribution in [0.2, 0.25) is 0 Å². The number of primary amides is 1. The first-order chi connectivity index (χ1) is 8.11. The minimum absolute atomic E-state index is 0.255. The van der Waals surface area contributed by atoms with Gasteiger partial charge in [0.15, 0.2) is 0 Å². The van der Waals surface area contributed by atoms with Crippen LogP contribution in [0.1, 0.15) is 29.6 Å². The third-order valence-electron chi connectivity index (χ3n) is 2.23. The van der Waals surface area contributed by atoms with Gasteiger partial charge in [-0.3, -0.25) is 14.6 Å². The first-order valence-corrected chi connectivity index (χ1v) is 5.37. The molecule has 1 aromatic rings. The zero-order valence-electron chi connectivity index (χ0n) is 9.48. The van der Waals surface area contributed by atoms with Crippen LogP contribution in [-0.4, -0.2) is 23.3 Å². The molecule has 0 atom stereocenters. The number of carbonyl (C=O) groups is 2. The number of aromatic nitrogens is 1. The van der Waals surface area contributed by atoms with E-state index >= 15 is 0 Å². The molecular weight excluding hydrogens is 220 g/mol. The van der Waals surface area contributed by atoms with E-state index in [2.05, 4.69) is 10.3 Å². The van der Waals surface area contributed by atoms with Crippen LogP contribution < -0.4 is 16.8 Å². The van der Waals surface area contributed by atoms with E-state index in [1.165, 1.54) is 12.4 Å². The van der Waals surface area contributed by atoms with Crippen LogP contribution in [0.5, 0.6) is 0 Å². The maximum Gasteiger partial charge on any atom is 0.254 e. The van der Waals surface area contributed by atoms with E-state index in [0.717, 1.165) is 0 Å². The fourth-order valence-corrected chi connectivity index (χ4v) is 1.32. The van der Waals surface area contributed by atoms with Gasteiger partial charge in [-0.05, 0) is 18.9 Å². The number of hydrogen-bond donors (Lipinski definition) is 3. The lowest BCUT2D eigenvalue weighted by molar-refractivity contribution is -0.118. The highest BCUT2D eigenvalue weighted by Gasteiger charge is 2.08. The van der Waals surface area contributed by atoms with E-state index in [4.69, 9.17) is 11.5 Å². The molecule has 92 valence electrons. The number of anilines is 1. The largest absolute Gasteiger partial charge is 0.398 e. The maximum atomic E-state index is 11.6. The average molecular weight is 236 g/mol. The van der Waals surface area contributed by atoms with Gasteiger partial charge >= 0.3 is 0 Å². The van der Waals surface area contributed by atoms with Crippen molar-refractivity contribution in [2.75, 3.05) is 12.3 Å². The molecule has 6 nitrogen and oxygen atoms in total. The summed E-state index contributed by atoms with van der Waals surface area (Å²) in [4.78, 5) is 25.9. The molecule has 5 N–H and O–H groups in total. The minimum atomic E-state index is -0.326. The molecule has 1 heterocycles. The van der Waals surface area contributed by atoms with Crippen LogP contribution in [-0.2, 0) is 4.79 Å². The number of nitrogen functional groups attached to an aromatic ring is 1. The number of pyridine rings is 1. The normalized spacial score (nSPS) is 9.88. The number of amides is 2. The number of carbonyl (C=O) groups excluding carboxylic acids is 2.